The number of unbranched alkanes of at least 4 members (excludes halogenated alkanes) is 9. The third-order valence-electron chi connectivity index (χ3n) is 3.15. The first-order valence-electron chi connectivity index (χ1n) is 7.30. The Bertz CT molecular complexity index is 121. The van der Waals surface area contributed by atoms with Gasteiger partial charge in [0.05, 0.1) is 0 Å². The van der Waals surface area contributed by atoms with E-state index < -0.39 is 0 Å². The van der Waals surface area contributed by atoms with Crippen molar-refractivity contribution in [2.24, 2.45) is 5.92 Å². The van der Waals surface area contributed by atoms with E-state index in [-0.39, 0.29) is 0 Å². The first kappa shape index (κ1) is 16.6. The minimum absolute atomic E-state index is 0.901. The molecule has 0 amide bonds. The normalized spacial score (nSPS) is 11.3. The van der Waals surface area contributed by atoms with Crippen molar-refractivity contribution < 1.29 is 18.9 Å². The van der Waals surface area contributed by atoms with Crippen molar-refractivity contribution in [1.29, 1.82) is 0 Å². The molecule has 0 fully saturated rings. The van der Waals surface area contributed by atoms with Crippen LogP contribution < -0.4 is 0 Å². The van der Waals surface area contributed by atoms with Crippen LogP contribution in [0.25, 0.3) is 0 Å². The summed E-state index contributed by atoms with van der Waals surface area (Å²) in [6.07, 6.45) is 16.1. The van der Waals surface area contributed by atoms with E-state index in [0.29, 0.717) is 0 Å². The molecule has 0 aromatic rings. The summed E-state index contributed by atoms with van der Waals surface area (Å²) in [5, 5.41) is 0. The van der Waals surface area contributed by atoms with Crippen LogP contribution in [0.4, 0.5) is 0 Å². The van der Waals surface area contributed by atoms with Gasteiger partial charge in [-0.05, 0) is 5.92 Å². The van der Waals surface area contributed by atoms with E-state index >= 15 is 0 Å². The van der Waals surface area contributed by atoms with Gasteiger partial charge in [-0.1, -0.05) is 13.8 Å². The number of rotatable bonds is 12. The molecule has 0 rings (SSSR count). The summed E-state index contributed by atoms with van der Waals surface area (Å²) >= 11 is 2.29. The predicted molar refractivity (Wildman–Crippen MR) is 70.4 cm³/mol. The molecule has 16 heavy (non-hydrogen) atoms. The maximum absolute atomic E-state index is 2.33. The zero-order valence-electron chi connectivity index (χ0n) is 11.4. The van der Waals surface area contributed by atoms with E-state index in [1.165, 1.54) is 75.6 Å². The molecule has 0 radical (unpaired) electrons. The van der Waals surface area contributed by atoms with E-state index in [0.717, 1.165) is 5.92 Å². The van der Waals surface area contributed by atoms with Gasteiger partial charge < -0.3 is 0 Å². The van der Waals surface area contributed by atoms with Crippen molar-refractivity contribution in [3.8, 4) is 0 Å². The van der Waals surface area contributed by atoms with Crippen molar-refractivity contribution in [2.75, 3.05) is 0 Å². The Labute approximate surface area is 114 Å². The Morgan fingerprint density at radius 1 is 0.625 bits per heavy atom. The first-order chi connectivity index (χ1) is 7.77. The fourth-order valence-corrected chi connectivity index (χ4v) is 2.65. The summed E-state index contributed by atoms with van der Waals surface area (Å²) < 4.78 is 0. The molecule has 0 unspecified atom stereocenters. The fraction of sp³-hybridized carbons (Fsp3) is 1.00. The van der Waals surface area contributed by atoms with E-state index in [4.69, 9.17) is 0 Å². The van der Waals surface area contributed by atoms with Gasteiger partial charge in [-0.3, -0.25) is 0 Å². The molecule has 0 aliphatic rings. The van der Waals surface area contributed by atoms with Crippen molar-refractivity contribution in [3.05, 3.63) is 0 Å². The molecule has 0 nitrogen and oxygen atoms in total. The van der Waals surface area contributed by atoms with Gasteiger partial charge in [0.2, 0.25) is 0 Å². The summed E-state index contributed by atoms with van der Waals surface area (Å²) in [4.78, 5) is 1.37. The molecule has 0 saturated carbocycles. The van der Waals surface area contributed by atoms with Gasteiger partial charge in [0.15, 0.2) is 0 Å². The molecule has 0 bridgehead atoms. The first-order valence-corrected chi connectivity index (χ1v) is 8.99. The average molecular weight is 404 g/mol. The topological polar surface area (TPSA) is 0 Å². The van der Waals surface area contributed by atoms with Gasteiger partial charge in [0.25, 0.3) is 0 Å². The third kappa shape index (κ3) is 14.6. The van der Waals surface area contributed by atoms with Crippen LogP contribution in [-0.2, 0) is 18.9 Å². The Morgan fingerprint density at radius 2 is 1.00 bits per heavy atom. The predicted octanol–water partition coefficient (Wildman–Crippen LogP) is 5.90. The van der Waals surface area contributed by atoms with Crippen LogP contribution in [0.15, 0.2) is 0 Å². The van der Waals surface area contributed by atoms with Crippen LogP contribution in [0.5, 0.6) is 0 Å². The molecular weight excluding hydrogens is 372 g/mol. The van der Waals surface area contributed by atoms with E-state index in [1.54, 1.807) is 0 Å². The van der Waals surface area contributed by atoms with Crippen LogP contribution in [-0.4, -0.2) is 0 Å². The number of hydrogen-bond acceptors (Lipinski definition) is 0. The van der Waals surface area contributed by atoms with Crippen LogP contribution in [0.2, 0.25) is 4.93 Å². The Hall–Kier alpha value is 0.649. The summed E-state index contributed by atoms with van der Waals surface area (Å²) in [7, 11) is 0. The van der Waals surface area contributed by atoms with E-state index in [2.05, 4.69) is 32.7 Å². The minimum atomic E-state index is 0.901. The molecule has 0 aliphatic heterocycles. The molecule has 0 aromatic heterocycles. The van der Waals surface area contributed by atoms with Crippen LogP contribution in [0.3, 0.4) is 0 Å². The SMILES string of the molecule is CC(C)CCCCCCCCCCC[CH2][Ir]. The Balaban J connectivity index is 2.88. The summed E-state index contributed by atoms with van der Waals surface area (Å²) in [5.41, 5.74) is 0. The summed E-state index contributed by atoms with van der Waals surface area (Å²) in [5.74, 6) is 0.901. The van der Waals surface area contributed by atoms with Crippen LogP contribution in [0.1, 0.15) is 84.5 Å². The van der Waals surface area contributed by atoms with Crippen LogP contribution in [0, 0.1) is 5.92 Å². The molecular formula is C15H31Ir. The molecule has 100 valence electrons. The van der Waals surface area contributed by atoms with Crippen molar-refractivity contribution >= 4 is 0 Å². The average Bonchev–Trinajstić information content (AvgIpc) is 2.25. The molecule has 0 saturated heterocycles. The van der Waals surface area contributed by atoms with Gasteiger partial charge in [-0.2, -0.15) is 0 Å². The van der Waals surface area contributed by atoms with Gasteiger partial charge in [-0.25, -0.2) is 0 Å². The molecule has 0 aliphatic carbocycles. The quantitative estimate of drug-likeness (QED) is 0.356. The standard InChI is InChI=1S/C15H31.Ir/c1-4-5-6-7-8-9-10-11-12-13-14-15(2)3;/h15H,1,4-14H2,2-3H3;. The van der Waals surface area contributed by atoms with Gasteiger partial charge in [-0.15, -0.1) is 0 Å². The third-order valence-corrected chi connectivity index (χ3v) is 4.00. The molecule has 0 atom stereocenters. The monoisotopic (exact) mass is 404 g/mol. The van der Waals surface area contributed by atoms with E-state index in [9.17, 15) is 0 Å². The second kappa shape index (κ2) is 13.7. The molecule has 0 aromatic carbocycles. The zero-order valence-corrected chi connectivity index (χ0v) is 13.8. The van der Waals surface area contributed by atoms with Crippen LogP contribution >= 0.6 is 0 Å². The summed E-state index contributed by atoms with van der Waals surface area (Å²) in [6.45, 7) is 4.66. The second-order valence-corrected chi connectivity index (χ2v) is 6.58. The second-order valence-electron chi connectivity index (χ2n) is 5.38. The Morgan fingerprint density at radius 3 is 1.38 bits per heavy atom. The molecule has 0 heterocycles. The van der Waals surface area contributed by atoms with Gasteiger partial charge in [0.1, 0.15) is 0 Å². The van der Waals surface area contributed by atoms with Gasteiger partial charge in [0, 0.05) is 0 Å². The molecule has 1 heteroatoms. The summed E-state index contributed by atoms with van der Waals surface area (Å²) in [6, 6.07) is 0. The fourth-order valence-electron chi connectivity index (χ4n) is 2.05. The van der Waals surface area contributed by atoms with Crippen molar-refractivity contribution in [1.82, 2.24) is 0 Å². The van der Waals surface area contributed by atoms with Crippen molar-refractivity contribution in [2.45, 2.75) is 89.4 Å². The number of hydrogen-bond donors (Lipinski definition) is 0. The molecule has 0 spiro atoms. The Kier molecular flexibility index (Phi) is 14.3. The van der Waals surface area contributed by atoms with Gasteiger partial charge >= 0.3 is 94.5 Å². The maximum atomic E-state index is 2.33. The van der Waals surface area contributed by atoms with E-state index in [1.807, 2.05) is 0 Å². The zero-order chi connectivity index (χ0) is 12.1. The molecule has 0 N–H and O–H groups in total. The van der Waals surface area contributed by atoms with Crippen molar-refractivity contribution in [3.63, 3.8) is 0 Å².